The number of carboxylic acid groups (broad SMARTS) is 1. The van der Waals surface area contributed by atoms with Crippen LogP contribution in [0, 0.1) is 5.92 Å². The van der Waals surface area contributed by atoms with E-state index in [0.717, 1.165) is 55.4 Å². The number of fused-ring (bicyclic) bond motifs is 1. The maximum absolute atomic E-state index is 12.3. The van der Waals surface area contributed by atoms with Gasteiger partial charge in [-0.15, -0.1) is 0 Å². The van der Waals surface area contributed by atoms with Crippen molar-refractivity contribution in [1.82, 2.24) is 4.90 Å². The predicted molar refractivity (Wildman–Crippen MR) is 103 cm³/mol. The highest BCUT2D eigenvalue weighted by Crippen LogP contribution is 2.24. The van der Waals surface area contributed by atoms with Crippen molar-refractivity contribution in [3.8, 4) is 0 Å². The number of aliphatic carboxylic acids is 1. The number of hydrogen-bond acceptors (Lipinski definition) is 3. The van der Waals surface area contributed by atoms with Gasteiger partial charge < -0.3 is 15.3 Å². The van der Waals surface area contributed by atoms with Gasteiger partial charge in [0.1, 0.15) is 0 Å². The molecule has 5 nitrogen and oxygen atoms in total. The minimum Gasteiger partial charge on any atom is -0.481 e. The summed E-state index contributed by atoms with van der Waals surface area (Å²) in [7, 11) is 0. The Kier molecular flexibility index (Phi) is 6.23. The lowest BCUT2D eigenvalue weighted by Gasteiger charge is -2.31. The summed E-state index contributed by atoms with van der Waals surface area (Å²) in [6, 6.07) is 14.0. The number of carbonyl (C=O) groups excluding carboxylic acids is 1. The molecule has 1 saturated heterocycles. The number of nitrogens with zero attached hydrogens (tertiary/aromatic N) is 1. The fraction of sp³-hybridized carbons (Fsp3) is 0.429. The van der Waals surface area contributed by atoms with E-state index in [9.17, 15) is 9.59 Å². The van der Waals surface area contributed by atoms with E-state index >= 15 is 0 Å². The zero-order chi connectivity index (χ0) is 18.4. The van der Waals surface area contributed by atoms with E-state index in [0.29, 0.717) is 12.3 Å². The van der Waals surface area contributed by atoms with Gasteiger partial charge in [0, 0.05) is 30.5 Å². The highest BCUT2D eigenvalue weighted by Gasteiger charge is 2.20. The van der Waals surface area contributed by atoms with Crippen LogP contribution in [0.4, 0.5) is 5.69 Å². The van der Waals surface area contributed by atoms with Crippen molar-refractivity contribution in [3.63, 3.8) is 0 Å². The van der Waals surface area contributed by atoms with E-state index in [1.807, 2.05) is 42.5 Å². The van der Waals surface area contributed by atoms with E-state index in [2.05, 4.69) is 10.2 Å². The third kappa shape index (κ3) is 5.05. The number of anilines is 1. The Labute approximate surface area is 154 Å². The number of rotatable bonds is 7. The number of hydrogen-bond donors (Lipinski definition) is 2. The molecule has 1 aliphatic heterocycles. The minimum atomic E-state index is -0.711. The zero-order valence-electron chi connectivity index (χ0n) is 15.0. The van der Waals surface area contributed by atoms with Crippen LogP contribution in [0.5, 0.6) is 0 Å². The summed E-state index contributed by atoms with van der Waals surface area (Å²) in [6.07, 6.45) is 3.56. The normalized spacial score (nSPS) is 15.8. The van der Waals surface area contributed by atoms with Gasteiger partial charge in [0.2, 0.25) is 5.91 Å². The van der Waals surface area contributed by atoms with Gasteiger partial charge in [-0.1, -0.05) is 36.4 Å². The number of amides is 1. The highest BCUT2D eigenvalue weighted by atomic mass is 16.4. The summed E-state index contributed by atoms with van der Waals surface area (Å²) in [4.78, 5) is 25.3. The van der Waals surface area contributed by atoms with Crippen molar-refractivity contribution in [2.45, 2.75) is 32.1 Å². The van der Waals surface area contributed by atoms with Gasteiger partial charge >= 0.3 is 5.97 Å². The van der Waals surface area contributed by atoms with Crippen LogP contribution in [0.1, 0.15) is 32.1 Å². The van der Waals surface area contributed by atoms with Crippen molar-refractivity contribution in [2.24, 2.45) is 5.92 Å². The van der Waals surface area contributed by atoms with Crippen LogP contribution >= 0.6 is 0 Å². The van der Waals surface area contributed by atoms with Crippen LogP contribution in [-0.2, 0) is 9.59 Å². The standard InChI is InChI=1S/C21H26N2O3/c24-20(22-19-7-3-5-17-4-1-2-6-18(17)19)12-15-23-13-10-16(11-14-23)8-9-21(25)26/h1-7,16H,8-15H2,(H,22,24)(H,25,26). The Bertz CT molecular complexity index is 761. The van der Waals surface area contributed by atoms with Crippen LogP contribution in [0.2, 0.25) is 0 Å². The Hall–Kier alpha value is -2.40. The second-order valence-electron chi connectivity index (χ2n) is 7.04. The number of piperidine rings is 1. The maximum atomic E-state index is 12.3. The molecule has 0 aromatic heterocycles. The van der Waals surface area contributed by atoms with Gasteiger partial charge in [-0.2, -0.15) is 0 Å². The Morgan fingerprint density at radius 1 is 1.04 bits per heavy atom. The zero-order valence-corrected chi connectivity index (χ0v) is 15.0. The first kappa shape index (κ1) is 18.4. The summed E-state index contributed by atoms with van der Waals surface area (Å²) in [5, 5.41) is 14.0. The molecule has 0 unspecified atom stereocenters. The maximum Gasteiger partial charge on any atom is 0.303 e. The lowest BCUT2D eigenvalue weighted by Crippen LogP contribution is -2.35. The third-order valence-corrected chi connectivity index (χ3v) is 5.19. The first-order chi connectivity index (χ1) is 12.6. The van der Waals surface area contributed by atoms with Crippen molar-refractivity contribution >= 4 is 28.3 Å². The monoisotopic (exact) mass is 354 g/mol. The van der Waals surface area contributed by atoms with Crippen molar-refractivity contribution in [3.05, 3.63) is 42.5 Å². The molecule has 0 spiro atoms. The number of carboxylic acids is 1. The average Bonchev–Trinajstić information content (AvgIpc) is 2.66. The fourth-order valence-corrected chi connectivity index (χ4v) is 3.63. The van der Waals surface area contributed by atoms with E-state index in [4.69, 9.17) is 5.11 Å². The first-order valence-corrected chi connectivity index (χ1v) is 9.33. The number of benzene rings is 2. The topological polar surface area (TPSA) is 69.6 Å². The molecule has 2 aromatic carbocycles. The molecule has 138 valence electrons. The Morgan fingerprint density at radius 2 is 1.77 bits per heavy atom. The second kappa shape index (κ2) is 8.81. The molecule has 2 aromatic rings. The number of carbonyl (C=O) groups is 2. The SMILES string of the molecule is O=C(O)CCC1CCN(CCC(=O)Nc2cccc3ccccc23)CC1. The molecule has 1 aliphatic rings. The van der Waals surface area contributed by atoms with E-state index in [-0.39, 0.29) is 12.3 Å². The lowest BCUT2D eigenvalue weighted by molar-refractivity contribution is -0.137. The molecule has 0 atom stereocenters. The molecular weight excluding hydrogens is 328 g/mol. The molecule has 0 aliphatic carbocycles. The van der Waals surface area contributed by atoms with E-state index in [1.54, 1.807) is 0 Å². The molecule has 0 radical (unpaired) electrons. The molecule has 5 heteroatoms. The smallest absolute Gasteiger partial charge is 0.303 e. The summed E-state index contributed by atoms with van der Waals surface area (Å²) in [5.74, 6) is -0.168. The molecular formula is C21H26N2O3. The van der Waals surface area contributed by atoms with Crippen LogP contribution in [0.15, 0.2) is 42.5 Å². The van der Waals surface area contributed by atoms with Crippen LogP contribution in [0.3, 0.4) is 0 Å². The molecule has 0 saturated carbocycles. The Balaban J connectivity index is 1.44. The van der Waals surface area contributed by atoms with Crippen molar-refractivity contribution in [1.29, 1.82) is 0 Å². The lowest BCUT2D eigenvalue weighted by atomic mass is 9.92. The molecule has 1 amide bonds. The number of nitrogens with one attached hydrogen (secondary N) is 1. The summed E-state index contributed by atoms with van der Waals surface area (Å²) < 4.78 is 0. The van der Waals surface area contributed by atoms with Crippen LogP contribution < -0.4 is 5.32 Å². The Morgan fingerprint density at radius 3 is 2.54 bits per heavy atom. The molecule has 26 heavy (non-hydrogen) atoms. The number of likely N-dealkylation sites (tertiary alicyclic amines) is 1. The molecule has 1 fully saturated rings. The quantitative estimate of drug-likeness (QED) is 0.795. The molecule has 2 N–H and O–H groups in total. The highest BCUT2D eigenvalue weighted by molar-refractivity contribution is 6.02. The van der Waals surface area contributed by atoms with E-state index in [1.165, 1.54) is 0 Å². The van der Waals surface area contributed by atoms with Gasteiger partial charge in [0.25, 0.3) is 0 Å². The van der Waals surface area contributed by atoms with E-state index < -0.39 is 5.97 Å². The van der Waals surface area contributed by atoms with Gasteiger partial charge in [-0.25, -0.2) is 0 Å². The average molecular weight is 354 g/mol. The van der Waals surface area contributed by atoms with Crippen LogP contribution in [-0.4, -0.2) is 41.5 Å². The van der Waals surface area contributed by atoms with Gasteiger partial charge in [0.15, 0.2) is 0 Å². The predicted octanol–water partition coefficient (Wildman–Crippen LogP) is 3.75. The first-order valence-electron chi connectivity index (χ1n) is 9.33. The van der Waals surface area contributed by atoms with Crippen molar-refractivity contribution in [2.75, 3.05) is 25.0 Å². The minimum absolute atomic E-state index is 0.0364. The molecule has 1 heterocycles. The summed E-state index contributed by atoms with van der Waals surface area (Å²) in [5.41, 5.74) is 0.862. The molecule has 0 bridgehead atoms. The summed E-state index contributed by atoms with van der Waals surface area (Å²) in [6.45, 7) is 2.65. The molecule has 3 rings (SSSR count). The van der Waals surface area contributed by atoms with Gasteiger partial charge in [0.05, 0.1) is 0 Å². The fourth-order valence-electron chi connectivity index (χ4n) is 3.63. The van der Waals surface area contributed by atoms with Crippen LogP contribution in [0.25, 0.3) is 10.8 Å². The van der Waals surface area contributed by atoms with Gasteiger partial charge in [-0.05, 0) is 49.7 Å². The van der Waals surface area contributed by atoms with Gasteiger partial charge in [-0.3, -0.25) is 9.59 Å². The van der Waals surface area contributed by atoms with Crippen molar-refractivity contribution < 1.29 is 14.7 Å². The summed E-state index contributed by atoms with van der Waals surface area (Å²) >= 11 is 0. The third-order valence-electron chi connectivity index (χ3n) is 5.19. The largest absolute Gasteiger partial charge is 0.481 e. The second-order valence-corrected chi connectivity index (χ2v) is 7.04.